The second-order valence-electron chi connectivity index (χ2n) is 4.31. The quantitative estimate of drug-likeness (QED) is 0.755. The van der Waals surface area contributed by atoms with Crippen LogP contribution < -0.4 is 0 Å². The Morgan fingerprint density at radius 3 is 2.84 bits per heavy atom. The van der Waals surface area contributed by atoms with Crippen molar-refractivity contribution in [3.8, 4) is 0 Å². The Kier molecular flexibility index (Phi) is 3.94. The lowest BCUT2D eigenvalue weighted by molar-refractivity contribution is 0.0445. The molecule has 0 atom stereocenters. The minimum atomic E-state index is -0.373. The number of carbonyl (C=O) groups excluding carboxylic acids is 1. The van der Waals surface area contributed by atoms with E-state index in [0.717, 1.165) is 12.1 Å². The Balaban J connectivity index is 2.00. The first-order valence-corrected chi connectivity index (χ1v) is 6.18. The van der Waals surface area contributed by atoms with Crippen LogP contribution >= 0.6 is 0 Å². The summed E-state index contributed by atoms with van der Waals surface area (Å²) < 4.78 is 8.66. The standard InChI is InChI=1S/C12H17N5O2/c1-4-7-17-11(13-14-15-17)8-19-12(18)10-6-5-9(2)16(10)3/h5-6H,4,7-8H2,1-3H3. The van der Waals surface area contributed by atoms with Gasteiger partial charge in [0.1, 0.15) is 5.69 Å². The molecule has 0 aliphatic heterocycles. The third-order valence-corrected chi connectivity index (χ3v) is 2.96. The second kappa shape index (κ2) is 5.64. The van der Waals surface area contributed by atoms with E-state index in [-0.39, 0.29) is 12.6 Å². The van der Waals surface area contributed by atoms with Gasteiger partial charge in [-0.1, -0.05) is 6.92 Å². The van der Waals surface area contributed by atoms with Crippen molar-refractivity contribution < 1.29 is 9.53 Å². The smallest absolute Gasteiger partial charge is 0.355 e. The number of tetrazole rings is 1. The highest BCUT2D eigenvalue weighted by molar-refractivity contribution is 5.87. The average molecular weight is 263 g/mol. The summed E-state index contributed by atoms with van der Waals surface area (Å²) in [4.78, 5) is 11.9. The summed E-state index contributed by atoms with van der Waals surface area (Å²) in [6.45, 7) is 4.75. The molecule has 2 aromatic rings. The van der Waals surface area contributed by atoms with Gasteiger partial charge in [0.25, 0.3) is 0 Å². The summed E-state index contributed by atoms with van der Waals surface area (Å²) in [7, 11) is 1.83. The minimum Gasteiger partial charge on any atom is -0.453 e. The van der Waals surface area contributed by atoms with Crippen LogP contribution in [0.4, 0.5) is 0 Å². The molecule has 19 heavy (non-hydrogen) atoms. The molecule has 0 radical (unpaired) electrons. The van der Waals surface area contributed by atoms with Gasteiger partial charge in [-0.3, -0.25) is 0 Å². The first kappa shape index (κ1) is 13.3. The van der Waals surface area contributed by atoms with Crippen molar-refractivity contribution in [1.82, 2.24) is 24.8 Å². The van der Waals surface area contributed by atoms with Crippen molar-refractivity contribution in [1.29, 1.82) is 0 Å². The molecule has 0 bridgehead atoms. The van der Waals surface area contributed by atoms with E-state index in [1.165, 1.54) is 0 Å². The molecular formula is C12H17N5O2. The molecule has 0 N–H and O–H groups in total. The van der Waals surface area contributed by atoms with E-state index < -0.39 is 0 Å². The van der Waals surface area contributed by atoms with Crippen LogP contribution in [0, 0.1) is 6.92 Å². The van der Waals surface area contributed by atoms with Crippen LogP contribution in [0.2, 0.25) is 0 Å². The third-order valence-electron chi connectivity index (χ3n) is 2.96. The van der Waals surface area contributed by atoms with Crippen LogP contribution in [0.25, 0.3) is 0 Å². The van der Waals surface area contributed by atoms with E-state index in [0.29, 0.717) is 18.1 Å². The first-order chi connectivity index (χ1) is 9.13. The number of hydrogen-bond acceptors (Lipinski definition) is 5. The molecular weight excluding hydrogens is 246 g/mol. The minimum absolute atomic E-state index is 0.0794. The molecule has 2 rings (SSSR count). The van der Waals surface area contributed by atoms with Crippen LogP contribution in [0.15, 0.2) is 12.1 Å². The highest BCUT2D eigenvalue weighted by Crippen LogP contribution is 2.08. The van der Waals surface area contributed by atoms with Gasteiger partial charge in [-0.2, -0.15) is 0 Å². The van der Waals surface area contributed by atoms with Crippen molar-refractivity contribution in [2.45, 2.75) is 33.4 Å². The third kappa shape index (κ3) is 2.81. The fraction of sp³-hybridized carbons (Fsp3) is 0.500. The number of carbonyl (C=O) groups is 1. The lowest BCUT2D eigenvalue weighted by Crippen LogP contribution is -2.13. The number of rotatable bonds is 5. The predicted octanol–water partition coefficient (Wildman–Crippen LogP) is 1.09. The largest absolute Gasteiger partial charge is 0.453 e. The predicted molar refractivity (Wildman–Crippen MR) is 67.4 cm³/mol. The number of nitrogens with zero attached hydrogens (tertiary/aromatic N) is 5. The summed E-state index contributed by atoms with van der Waals surface area (Å²) >= 11 is 0. The zero-order valence-electron chi connectivity index (χ0n) is 11.3. The van der Waals surface area contributed by atoms with Gasteiger partial charge in [-0.15, -0.1) is 5.10 Å². The summed E-state index contributed by atoms with van der Waals surface area (Å²) in [5, 5.41) is 11.3. The maximum Gasteiger partial charge on any atom is 0.355 e. The number of esters is 1. The molecule has 0 amide bonds. The molecule has 0 aliphatic rings. The molecule has 0 aliphatic carbocycles. The summed E-state index contributed by atoms with van der Waals surface area (Å²) in [5.41, 5.74) is 1.52. The van der Waals surface area contributed by atoms with E-state index in [4.69, 9.17) is 4.74 Å². The Morgan fingerprint density at radius 1 is 1.42 bits per heavy atom. The Bertz CT molecular complexity index is 572. The summed E-state index contributed by atoms with van der Waals surface area (Å²) in [6, 6.07) is 3.62. The van der Waals surface area contributed by atoms with Gasteiger partial charge in [-0.25, -0.2) is 9.48 Å². The molecule has 102 valence electrons. The molecule has 2 heterocycles. The number of hydrogen-bond donors (Lipinski definition) is 0. The van der Waals surface area contributed by atoms with E-state index in [1.807, 2.05) is 27.0 Å². The van der Waals surface area contributed by atoms with Crippen molar-refractivity contribution in [2.75, 3.05) is 0 Å². The highest BCUT2D eigenvalue weighted by Gasteiger charge is 2.14. The molecule has 0 saturated carbocycles. The molecule has 0 fully saturated rings. The highest BCUT2D eigenvalue weighted by atomic mass is 16.5. The van der Waals surface area contributed by atoms with Crippen LogP contribution in [0.1, 0.15) is 35.4 Å². The van der Waals surface area contributed by atoms with Gasteiger partial charge in [0, 0.05) is 19.3 Å². The average Bonchev–Trinajstić information content (AvgIpc) is 2.96. The van der Waals surface area contributed by atoms with Crippen molar-refractivity contribution in [3.05, 3.63) is 29.3 Å². The van der Waals surface area contributed by atoms with Gasteiger partial charge >= 0.3 is 5.97 Å². The normalized spacial score (nSPS) is 10.7. The molecule has 0 unspecified atom stereocenters. The SMILES string of the molecule is CCCn1nnnc1COC(=O)c1ccc(C)n1C. The fourth-order valence-electron chi connectivity index (χ4n) is 1.73. The van der Waals surface area contributed by atoms with E-state index >= 15 is 0 Å². The Labute approximate surface area is 111 Å². The monoisotopic (exact) mass is 263 g/mol. The van der Waals surface area contributed by atoms with Gasteiger partial charge < -0.3 is 9.30 Å². The molecule has 7 heteroatoms. The summed E-state index contributed by atoms with van der Waals surface area (Å²) in [6.07, 6.45) is 0.920. The van der Waals surface area contributed by atoms with E-state index in [9.17, 15) is 4.79 Å². The van der Waals surface area contributed by atoms with Crippen molar-refractivity contribution in [3.63, 3.8) is 0 Å². The zero-order chi connectivity index (χ0) is 13.8. The Morgan fingerprint density at radius 2 is 2.21 bits per heavy atom. The molecule has 2 aromatic heterocycles. The first-order valence-electron chi connectivity index (χ1n) is 6.18. The van der Waals surface area contributed by atoms with E-state index in [2.05, 4.69) is 15.5 Å². The maximum atomic E-state index is 11.9. The topological polar surface area (TPSA) is 74.8 Å². The van der Waals surface area contributed by atoms with Gasteiger partial charge in [0.05, 0.1) is 0 Å². The number of aromatic nitrogens is 5. The summed E-state index contributed by atoms with van der Waals surface area (Å²) in [5.74, 6) is 0.183. The lowest BCUT2D eigenvalue weighted by atomic mass is 10.4. The molecule has 0 spiro atoms. The molecule has 7 nitrogen and oxygen atoms in total. The van der Waals surface area contributed by atoms with Gasteiger partial charge in [-0.05, 0) is 35.9 Å². The van der Waals surface area contributed by atoms with Gasteiger partial charge in [0.15, 0.2) is 12.4 Å². The number of aryl methyl sites for hydroxylation is 2. The van der Waals surface area contributed by atoms with E-state index in [1.54, 1.807) is 15.3 Å². The molecule has 0 aromatic carbocycles. The zero-order valence-corrected chi connectivity index (χ0v) is 11.3. The van der Waals surface area contributed by atoms with Crippen molar-refractivity contribution >= 4 is 5.97 Å². The fourth-order valence-corrected chi connectivity index (χ4v) is 1.73. The van der Waals surface area contributed by atoms with Crippen LogP contribution in [-0.4, -0.2) is 30.7 Å². The van der Waals surface area contributed by atoms with Crippen LogP contribution in [-0.2, 0) is 24.9 Å². The number of ether oxygens (including phenoxy) is 1. The van der Waals surface area contributed by atoms with Crippen LogP contribution in [0.5, 0.6) is 0 Å². The lowest BCUT2D eigenvalue weighted by Gasteiger charge is -2.06. The van der Waals surface area contributed by atoms with Crippen LogP contribution in [0.3, 0.4) is 0 Å². The Hall–Kier alpha value is -2.18. The van der Waals surface area contributed by atoms with Crippen molar-refractivity contribution in [2.24, 2.45) is 7.05 Å². The maximum absolute atomic E-state index is 11.9. The molecule has 0 saturated heterocycles. The second-order valence-corrected chi connectivity index (χ2v) is 4.31. The van der Waals surface area contributed by atoms with Gasteiger partial charge in [0.2, 0.25) is 0 Å².